The van der Waals surface area contributed by atoms with Crippen molar-refractivity contribution in [2.45, 2.75) is 15.6 Å². The summed E-state index contributed by atoms with van der Waals surface area (Å²) >= 11 is 17.7. The molecule has 0 aromatic heterocycles. The van der Waals surface area contributed by atoms with Crippen LogP contribution >= 0.6 is 34.8 Å². The van der Waals surface area contributed by atoms with Crippen LogP contribution in [0, 0.1) is 0 Å². The highest BCUT2D eigenvalue weighted by atomic mass is 35.6. The Bertz CT molecular complexity index is 1090. The summed E-state index contributed by atoms with van der Waals surface area (Å²) in [6.07, 6.45) is 1.70. The largest absolute Gasteiger partial charge is 0.311 e. The zero-order valence-corrected chi connectivity index (χ0v) is 18.1. The Hall–Kier alpha value is -1.65. The van der Waals surface area contributed by atoms with Crippen molar-refractivity contribution in [2.24, 2.45) is 0 Å². The Morgan fingerprint density at radius 1 is 1.04 bits per heavy atom. The number of alkyl halides is 3. The van der Waals surface area contributed by atoms with Crippen molar-refractivity contribution < 1.29 is 4.79 Å². The predicted octanol–water partition coefficient (Wildman–Crippen LogP) is 6.81. The zero-order valence-electron chi connectivity index (χ0n) is 15.0. The zero-order chi connectivity index (χ0) is 19.9. The van der Waals surface area contributed by atoms with Crippen molar-refractivity contribution in [3.63, 3.8) is 0 Å². The number of carbonyl (C=O) groups is 1. The van der Waals surface area contributed by atoms with Gasteiger partial charge in [0, 0.05) is 16.5 Å². The minimum Gasteiger partial charge on any atom is -0.311 e. The number of hydrogen-bond donors (Lipinski definition) is 1. The van der Waals surface area contributed by atoms with Crippen molar-refractivity contribution in [3.8, 4) is 0 Å². The van der Waals surface area contributed by atoms with Crippen molar-refractivity contribution >= 4 is 67.9 Å². The number of allylic oxidation sites excluding steroid dienone is 1. The standard InChI is InChI=1S/C22H16Cl3NOS/c1-2-28-19-12-9-14-5-3-4-6-17(14)21(19)26-20(28)13-18(27)15-7-10-16(11-8-15)22(23,24)25/h3-13H,2H2,1H3/p+1. The number of fused-ring (bicyclic) bond motifs is 3. The molecule has 28 heavy (non-hydrogen) atoms. The number of halogens is 3. The van der Waals surface area contributed by atoms with E-state index < -0.39 is 3.79 Å². The average Bonchev–Trinajstić information content (AvgIpc) is 3.04. The quantitative estimate of drug-likeness (QED) is 0.206. The lowest BCUT2D eigenvalue weighted by Gasteiger charge is -2.10. The van der Waals surface area contributed by atoms with Gasteiger partial charge in [0.05, 0.1) is 17.0 Å². The molecule has 3 aromatic rings. The Labute approximate surface area is 181 Å². The lowest BCUT2D eigenvalue weighted by Crippen LogP contribution is -2.09. The van der Waals surface area contributed by atoms with E-state index in [-0.39, 0.29) is 16.7 Å². The van der Waals surface area contributed by atoms with Crippen molar-refractivity contribution in [1.82, 2.24) is 0 Å². The molecule has 1 heterocycles. The maximum atomic E-state index is 12.8. The molecule has 142 valence electrons. The van der Waals surface area contributed by atoms with Gasteiger partial charge in [-0.1, -0.05) is 83.3 Å². The highest BCUT2D eigenvalue weighted by Gasteiger charge is 2.38. The minimum absolute atomic E-state index is 0.0681. The molecule has 6 heteroatoms. The van der Waals surface area contributed by atoms with Gasteiger partial charge in [-0.25, -0.2) is 0 Å². The molecule has 1 atom stereocenters. The molecule has 2 nitrogen and oxygen atoms in total. The Morgan fingerprint density at radius 2 is 1.75 bits per heavy atom. The normalized spacial score (nSPS) is 17.6. The van der Waals surface area contributed by atoms with E-state index in [9.17, 15) is 4.79 Å². The van der Waals surface area contributed by atoms with Gasteiger partial charge >= 0.3 is 0 Å². The molecule has 1 aliphatic heterocycles. The van der Waals surface area contributed by atoms with Gasteiger partial charge in [0.2, 0.25) is 8.82 Å². The highest BCUT2D eigenvalue weighted by molar-refractivity contribution is 8.01. The maximum Gasteiger partial charge on any atom is 0.235 e. The van der Waals surface area contributed by atoms with E-state index in [2.05, 4.69) is 36.5 Å². The summed E-state index contributed by atoms with van der Waals surface area (Å²) in [5, 5.41) is 6.81. The Morgan fingerprint density at radius 3 is 2.43 bits per heavy atom. The monoisotopic (exact) mass is 448 g/mol. The van der Waals surface area contributed by atoms with Gasteiger partial charge < -0.3 is 5.32 Å². The third-order valence-electron chi connectivity index (χ3n) is 4.72. The van der Waals surface area contributed by atoms with Gasteiger partial charge in [0.15, 0.2) is 10.7 Å². The van der Waals surface area contributed by atoms with Crippen molar-refractivity contribution in [1.29, 1.82) is 0 Å². The number of rotatable bonds is 3. The lowest BCUT2D eigenvalue weighted by molar-refractivity contribution is 0.104. The van der Waals surface area contributed by atoms with Crippen LogP contribution in [0.1, 0.15) is 22.8 Å². The van der Waals surface area contributed by atoms with Crippen LogP contribution in [0.25, 0.3) is 10.8 Å². The molecule has 4 rings (SSSR count). The first-order valence-corrected chi connectivity index (χ1v) is 11.3. The summed E-state index contributed by atoms with van der Waals surface area (Å²) in [7, 11) is -0.150. The molecule has 1 unspecified atom stereocenters. The van der Waals surface area contributed by atoms with Gasteiger partial charge in [-0.3, -0.25) is 4.79 Å². The molecule has 0 radical (unpaired) electrons. The van der Waals surface area contributed by atoms with Crippen LogP contribution in [0.4, 0.5) is 5.69 Å². The van der Waals surface area contributed by atoms with Crippen LogP contribution in [0.3, 0.4) is 0 Å². The first kappa shape index (κ1) is 19.7. The number of carbonyl (C=O) groups excluding carboxylic acids is 1. The van der Waals surface area contributed by atoms with E-state index in [4.69, 9.17) is 34.8 Å². The smallest absolute Gasteiger partial charge is 0.235 e. The number of anilines is 1. The third-order valence-corrected chi connectivity index (χ3v) is 7.57. The summed E-state index contributed by atoms with van der Waals surface area (Å²) in [5.74, 6) is 0.866. The second-order valence-electron chi connectivity index (χ2n) is 6.41. The molecule has 0 aliphatic carbocycles. The first-order chi connectivity index (χ1) is 13.4. The molecular formula is C22H17Cl3NOS+. The molecular weight excluding hydrogens is 433 g/mol. The van der Waals surface area contributed by atoms with Gasteiger partial charge in [0.25, 0.3) is 0 Å². The summed E-state index contributed by atoms with van der Waals surface area (Å²) in [5.41, 5.74) is 2.20. The van der Waals surface area contributed by atoms with Crippen LogP contribution in [-0.2, 0) is 14.7 Å². The van der Waals surface area contributed by atoms with Crippen LogP contribution in [-0.4, -0.2) is 11.5 Å². The second-order valence-corrected chi connectivity index (χ2v) is 10.9. The lowest BCUT2D eigenvalue weighted by atomic mass is 10.1. The number of ketones is 1. The molecule has 0 amide bonds. The number of nitrogens with one attached hydrogen (secondary N) is 1. The molecule has 0 spiro atoms. The Balaban J connectivity index is 1.67. The highest BCUT2D eigenvalue weighted by Crippen LogP contribution is 2.42. The Kier molecular flexibility index (Phi) is 5.36. The fourth-order valence-corrected chi connectivity index (χ4v) is 5.68. The van der Waals surface area contributed by atoms with Crippen molar-refractivity contribution in [2.75, 3.05) is 11.1 Å². The molecule has 0 fully saturated rings. The van der Waals surface area contributed by atoms with E-state index in [1.54, 1.807) is 30.3 Å². The summed E-state index contributed by atoms with van der Waals surface area (Å²) in [4.78, 5) is 14.1. The van der Waals surface area contributed by atoms with Gasteiger partial charge in [0.1, 0.15) is 11.4 Å². The molecule has 0 saturated carbocycles. The molecule has 0 bridgehead atoms. The van der Waals surface area contributed by atoms with Gasteiger partial charge in [-0.2, -0.15) is 0 Å². The molecule has 1 aliphatic rings. The minimum atomic E-state index is -1.50. The van der Waals surface area contributed by atoms with E-state index in [0.717, 1.165) is 16.5 Å². The second kappa shape index (κ2) is 7.64. The van der Waals surface area contributed by atoms with Crippen molar-refractivity contribution in [3.05, 3.63) is 82.9 Å². The first-order valence-electron chi connectivity index (χ1n) is 8.81. The maximum absolute atomic E-state index is 12.8. The summed E-state index contributed by atoms with van der Waals surface area (Å²) in [6, 6.07) is 19.3. The fraction of sp³-hybridized carbons (Fsp3) is 0.136. The topological polar surface area (TPSA) is 29.1 Å². The summed E-state index contributed by atoms with van der Waals surface area (Å²) in [6.45, 7) is 2.14. The average molecular weight is 450 g/mol. The summed E-state index contributed by atoms with van der Waals surface area (Å²) < 4.78 is -1.50. The molecule has 1 N–H and O–H groups in total. The van der Waals surface area contributed by atoms with E-state index >= 15 is 0 Å². The van der Waals surface area contributed by atoms with Gasteiger partial charge in [-0.05, 0) is 24.4 Å². The van der Waals surface area contributed by atoms with E-state index in [1.165, 1.54) is 15.7 Å². The molecule has 0 saturated heterocycles. The number of hydrogen-bond acceptors (Lipinski definition) is 2. The van der Waals surface area contributed by atoms with Crippen LogP contribution in [0.2, 0.25) is 0 Å². The van der Waals surface area contributed by atoms with E-state index in [0.29, 0.717) is 11.1 Å². The SMILES string of the molecule is CC[S+]1C(=CC(=O)c2ccc(C(Cl)(Cl)Cl)cc2)Nc2c1ccc1ccccc21. The third kappa shape index (κ3) is 3.65. The van der Waals surface area contributed by atoms with E-state index in [1.807, 2.05) is 12.1 Å². The number of benzene rings is 3. The predicted molar refractivity (Wildman–Crippen MR) is 122 cm³/mol. The van der Waals surface area contributed by atoms with Crippen LogP contribution < -0.4 is 5.32 Å². The fourth-order valence-electron chi connectivity index (χ4n) is 3.33. The van der Waals surface area contributed by atoms with Crippen LogP contribution in [0.5, 0.6) is 0 Å². The van der Waals surface area contributed by atoms with Crippen LogP contribution in [0.15, 0.2) is 76.7 Å². The molecule has 3 aromatic carbocycles. The van der Waals surface area contributed by atoms with Gasteiger partial charge in [-0.15, -0.1) is 0 Å².